The summed E-state index contributed by atoms with van der Waals surface area (Å²) in [5.74, 6) is 2.13. The fourth-order valence-corrected chi connectivity index (χ4v) is 4.34. The van der Waals surface area contributed by atoms with Crippen LogP contribution in [0.3, 0.4) is 0 Å². The number of fused-ring (bicyclic) bond motifs is 3. The summed E-state index contributed by atoms with van der Waals surface area (Å²) in [5, 5.41) is 1.11. The van der Waals surface area contributed by atoms with E-state index in [2.05, 4.69) is 58.9 Å². The molecule has 5 rings (SSSR count). The molecule has 120 valence electrons. The highest BCUT2D eigenvalue weighted by Crippen LogP contribution is 2.38. The van der Waals surface area contributed by atoms with E-state index in [0.717, 1.165) is 46.5 Å². The zero-order valence-corrected chi connectivity index (χ0v) is 14.6. The van der Waals surface area contributed by atoms with E-state index in [-0.39, 0.29) is 0 Å². The van der Waals surface area contributed by atoms with Crippen molar-refractivity contribution in [2.24, 2.45) is 0 Å². The molecular formula is C18H16BrN5. The molecule has 2 atom stereocenters. The quantitative estimate of drug-likeness (QED) is 0.681. The zero-order chi connectivity index (χ0) is 16.1. The summed E-state index contributed by atoms with van der Waals surface area (Å²) in [6.45, 7) is 1.99. The first kappa shape index (κ1) is 14.2. The molecule has 5 nitrogen and oxygen atoms in total. The standard InChI is InChI=1S/C18H16BrN5/c19-12-4-5-16-15(7-12)18(22-11-21-16)24-10-13-8-14(24)9-23(13)17-3-1-2-6-20-17/h1-7,11,13-14H,8-10H2/t13-,14-/m0/s1. The normalized spacial score (nSPS) is 22.5. The van der Waals surface area contributed by atoms with Crippen LogP contribution in [0.25, 0.3) is 10.9 Å². The van der Waals surface area contributed by atoms with Crippen LogP contribution in [0.2, 0.25) is 0 Å². The van der Waals surface area contributed by atoms with Crippen LogP contribution in [0.1, 0.15) is 6.42 Å². The Morgan fingerprint density at radius 2 is 1.83 bits per heavy atom. The van der Waals surface area contributed by atoms with Crippen molar-refractivity contribution in [3.63, 3.8) is 0 Å². The number of anilines is 2. The summed E-state index contributed by atoms with van der Waals surface area (Å²) in [6, 6.07) is 13.3. The van der Waals surface area contributed by atoms with Crippen LogP contribution in [0.4, 0.5) is 11.6 Å². The minimum Gasteiger partial charge on any atom is -0.350 e. The van der Waals surface area contributed by atoms with Crippen LogP contribution in [-0.4, -0.2) is 40.1 Å². The molecule has 2 aliphatic heterocycles. The highest BCUT2D eigenvalue weighted by atomic mass is 79.9. The zero-order valence-electron chi connectivity index (χ0n) is 13.0. The number of pyridine rings is 1. The lowest BCUT2D eigenvalue weighted by molar-refractivity contribution is 0.637. The third kappa shape index (κ3) is 2.17. The molecule has 0 N–H and O–H groups in total. The molecule has 0 spiro atoms. The first-order chi connectivity index (χ1) is 11.8. The number of halogens is 1. The van der Waals surface area contributed by atoms with Gasteiger partial charge in [-0.3, -0.25) is 0 Å². The van der Waals surface area contributed by atoms with Crippen molar-refractivity contribution in [2.75, 3.05) is 22.9 Å². The molecule has 2 saturated heterocycles. The van der Waals surface area contributed by atoms with Crippen LogP contribution >= 0.6 is 15.9 Å². The number of aromatic nitrogens is 3. The van der Waals surface area contributed by atoms with Crippen LogP contribution in [0.15, 0.2) is 53.4 Å². The number of hydrogen-bond acceptors (Lipinski definition) is 5. The average Bonchev–Trinajstić information content (AvgIpc) is 3.22. The van der Waals surface area contributed by atoms with Crippen molar-refractivity contribution in [2.45, 2.75) is 18.5 Å². The van der Waals surface area contributed by atoms with Gasteiger partial charge in [0, 0.05) is 29.1 Å². The maximum Gasteiger partial charge on any atom is 0.140 e. The number of hydrogen-bond donors (Lipinski definition) is 0. The van der Waals surface area contributed by atoms with Crippen LogP contribution in [0.5, 0.6) is 0 Å². The minimum absolute atomic E-state index is 0.481. The predicted molar refractivity (Wildman–Crippen MR) is 98.4 cm³/mol. The molecule has 0 amide bonds. The van der Waals surface area contributed by atoms with E-state index in [1.807, 2.05) is 24.4 Å². The van der Waals surface area contributed by atoms with Gasteiger partial charge in [0.05, 0.1) is 17.6 Å². The minimum atomic E-state index is 0.481. The summed E-state index contributed by atoms with van der Waals surface area (Å²) < 4.78 is 1.06. The molecule has 24 heavy (non-hydrogen) atoms. The van der Waals surface area contributed by atoms with Gasteiger partial charge in [0.2, 0.25) is 0 Å². The van der Waals surface area contributed by atoms with E-state index in [0.29, 0.717) is 12.1 Å². The van der Waals surface area contributed by atoms with Gasteiger partial charge in [-0.15, -0.1) is 0 Å². The van der Waals surface area contributed by atoms with Crippen molar-refractivity contribution in [1.29, 1.82) is 0 Å². The van der Waals surface area contributed by atoms with Gasteiger partial charge in [-0.2, -0.15) is 0 Å². The molecule has 0 unspecified atom stereocenters. The van der Waals surface area contributed by atoms with E-state index in [4.69, 9.17) is 0 Å². The Bertz CT molecular complexity index is 900. The van der Waals surface area contributed by atoms with Crippen LogP contribution in [-0.2, 0) is 0 Å². The van der Waals surface area contributed by atoms with Crippen molar-refractivity contribution >= 4 is 38.5 Å². The van der Waals surface area contributed by atoms with E-state index in [1.165, 1.54) is 0 Å². The Morgan fingerprint density at radius 3 is 2.62 bits per heavy atom. The Balaban J connectivity index is 1.48. The first-order valence-corrected chi connectivity index (χ1v) is 8.93. The second kappa shape index (κ2) is 5.41. The highest BCUT2D eigenvalue weighted by Gasteiger charge is 2.44. The molecule has 2 aliphatic rings. The van der Waals surface area contributed by atoms with Crippen LogP contribution < -0.4 is 9.80 Å². The van der Waals surface area contributed by atoms with E-state index in [9.17, 15) is 0 Å². The summed E-state index contributed by atoms with van der Waals surface area (Å²) >= 11 is 3.57. The number of rotatable bonds is 2. The molecule has 1 aromatic carbocycles. The Hall–Kier alpha value is -2.21. The SMILES string of the molecule is Brc1ccc2ncnc(N3C[C@@H]4C[C@H]3CN4c3ccccn3)c2c1. The molecule has 3 aromatic rings. The smallest absolute Gasteiger partial charge is 0.140 e. The molecule has 6 heteroatoms. The van der Waals surface area contributed by atoms with Gasteiger partial charge in [-0.1, -0.05) is 22.0 Å². The number of nitrogens with zero attached hydrogens (tertiary/aromatic N) is 5. The van der Waals surface area contributed by atoms with Gasteiger partial charge in [-0.05, 0) is 36.8 Å². The van der Waals surface area contributed by atoms with Gasteiger partial charge in [-0.25, -0.2) is 15.0 Å². The van der Waals surface area contributed by atoms with Crippen molar-refractivity contribution in [1.82, 2.24) is 15.0 Å². The largest absolute Gasteiger partial charge is 0.350 e. The van der Waals surface area contributed by atoms with Gasteiger partial charge in [0.1, 0.15) is 18.0 Å². The summed E-state index contributed by atoms with van der Waals surface area (Å²) in [4.78, 5) is 18.4. The third-order valence-corrected chi connectivity index (χ3v) is 5.53. The fourth-order valence-electron chi connectivity index (χ4n) is 3.97. The Kier molecular flexibility index (Phi) is 3.19. The molecule has 2 fully saturated rings. The molecule has 2 aromatic heterocycles. The first-order valence-electron chi connectivity index (χ1n) is 8.14. The van der Waals surface area contributed by atoms with Crippen molar-refractivity contribution < 1.29 is 0 Å². The van der Waals surface area contributed by atoms with Gasteiger partial charge in [0.15, 0.2) is 0 Å². The highest BCUT2D eigenvalue weighted by molar-refractivity contribution is 9.10. The maximum atomic E-state index is 4.61. The maximum absolute atomic E-state index is 4.61. The van der Waals surface area contributed by atoms with Gasteiger partial charge in [0.25, 0.3) is 0 Å². The van der Waals surface area contributed by atoms with E-state index in [1.54, 1.807) is 6.33 Å². The number of benzene rings is 1. The number of piperazine rings is 1. The summed E-state index contributed by atoms with van der Waals surface area (Å²) in [6.07, 6.45) is 4.71. The Labute approximate surface area is 148 Å². The van der Waals surface area contributed by atoms with Crippen LogP contribution in [0, 0.1) is 0 Å². The third-order valence-electron chi connectivity index (χ3n) is 5.03. The van der Waals surface area contributed by atoms with E-state index < -0.39 is 0 Å². The Morgan fingerprint density at radius 1 is 0.958 bits per heavy atom. The topological polar surface area (TPSA) is 45.2 Å². The molecule has 2 bridgehead atoms. The molecule has 4 heterocycles. The lowest BCUT2D eigenvalue weighted by Crippen LogP contribution is -2.47. The lowest BCUT2D eigenvalue weighted by Gasteiger charge is -2.35. The summed E-state index contributed by atoms with van der Waals surface area (Å²) in [7, 11) is 0. The van der Waals surface area contributed by atoms with E-state index >= 15 is 0 Å². The average molecular weight is 382 g/mol. The van der Waals surface area contributed by atoms with Gasteiger partial charge >= 0.3 is 0 Å². The monoisotopic (exact) mass is 381 g/mol. The van der Waals surface area contributed by atoms with Crippen molar-refractivity contribution in [3.05, 3.63) is 53.4 Å². The lowest BCUT2D eigenvalue weighted by atomic mass is 10.2. The molecule has 0 saturated carbocycles. The van der Waals surface area contributed by atoms with Crippen molar-refractivity contribution in [3.8, 4) is 0 Å². The van der Waals surface area contributed by atoms with Gasteiger partial charge < -0.3 is 9.80 Å². The molecule has 0 aliphatic carbocycles. The summed E-state index contributed by atoms with van der Waals surface area (Å²) in [5.41, 5.74) is 0.993. The predicted octanol–water partition coefficient (Wildman–Crippen LogP) is 3.25. The second-order valence-electron chi connectivity index (χ2n) is 6.39. The fraction of sp³-hybridized carbons (Fsp3) is 0.278. The molecular weight excluding hydrogens is 366 g/mol. The molecule has 0 radical (unpaired) electrons. The second-order valence-corrected chi connectivity index (χ2v) is 7.31.